The Kier molecular flexibility index (Phi) is 4.80. The van der Waals surface area contributed by atoms with E-state index in [1.807, 2.05) is 57.2 Å². The number of nitrogens with one attached hydrogen (secondary N) is 1. The number of benzene rings is 1. The molecule has 124 valence electrons. The van der Waals surface area contributed by atoms with Crippen molar-refractivity contribution in [1.82, 2.24) is 24.9 Å². The fraction of sp³-hybridized carbons (Fsp3) is 0.294. The first-order valence-corrected chi connectivity index (χ1v) is 8.69. The van der Waals surface area contributed by atoms with Crippen LogP contribution in [-0.2, 0) is 4.79 Å². The Balaban J connectivity index is 1.61. The minimum absolute atomic E-state index is 0.0279. The van der Waals surface area contributed by atoms with Crippen LogP contribution in [0.3, 0.4) is 0 Å². The zero-order valence-corrected chi connectivity index (χ0v) is 14.7. The number of carbonyl (C=O) groups excluding carboxylic acids is 1. The van der Waals surface area contributed by atoms with E-state index in [1.165, 1.54) is 11.8 Å². The molecule has 3 rings (SSSR count). The molecule has 7 heteroatoms. The van der Waals surface area contributed by atoms with E-state index in [9.17, 15) is 4.79 Å². The van der Waals surface area contributed by atoms with E-state index < -0.39 is 0 Å². The standard InChI is InChI=1S/C17H19N5OS/c1-11-9-12(2)22-16(18-11)20-17(21-22)24-10-15(23)19-13(3)14-7-5-4-6-8-14/h4-9,13H,10H2,1-3H3,(H,19,23). The van der Waals surface area contributed by atoms with Crippen LogP contribution in [0.5, 0.6) is 0 Å². The predicted octanol–water partition coefficient (Wildman–Crippen LogP) is 2.71. The van der Waals surface area contributed by atoms with Gasteiger partial charge in [0.2, 0.25) is 11.1 Å². The Morgan fingerprint density at radius 2 is 2.00 bits per heavy atom. The molecule has 0 fully saturated rings. The number of amides is 1. The molecule has 0 aliphatic heterocycles. The molecule has 0 aliphatic rings. The van der Waals surface area contributed by atoms with Crippen LogP contribution in [-0.4, -0.2) is 31.2 Å². The average molecular weight is 341 g/mol. The van der Waals surface area contributed by atoms with Crippen molar-refractivity contribution in [2.75, 3.05) is 5.75 Å². The third kappa shape index (κ3) is 3.73. The van der Waals surface area contributed by atoms with Gasteiger partial charge in [0.25, 0.3) is 5.78 Å². The van der Waals surface area contributed by atoms with Crippen LogP contribution < -0.4 is 5.32 Å². The molecule has 3 aromatic rings. The number of carbonyl (C=O) groups is 1. The highest BCUT2D eigenvalue weighted by Gasteiger charge is 2.12. The summed E-state index contributed by atoms with van der Waals surface area (Å²) in [5, 5.41) is 7.93. The van der Waals surface area contributed by atoms with Crippen LogP contribution in [0.1, 0.15) is 29.9 Å². The summed E-state index contributed by atoms with van der Waals surface area (Å²) in [6, 6.07) is 11.8. The fourth-order valence-electron chi connectivity index (χ4n) is 2.45. The van der Waals surface area contributed by atoms with Gasteiger partial charge in [-0.25, -0.2) is 9.50 Å². The molecule has 0 bridgehead atoms. The molecule has 2 aromatic heterocycles. The second-order valence-electron chi connectivity index (χ2n) is 5.63. The molecule has 0 saturated heterocycles. The van der Waals surface area contributed by atoms with Crippen molar-refractivity contribution in [3.8, 4) is 0 Å². The molecule has 6 nitrogen and oxygen atoms in total. The van der Waals surface area contributed by atoms with Crippen molar-refractivity contribution in [1.29, 1.82) is 0 Å². The van der Waals surface area contributed by atoms with Gasteiger partial charge >= 0.3 is 0 Å². The van der Waals surface area contributed by atoms with E-state index in [4.69, 9.17) is 0 Å². The first kappa shape index (κ1) is 16.4. The van der Waals surface area contributed by atoms with Crippen LogP contribution in [0.4, 0.5) is 0 Å². The maximum atomic E-state index is 12.1. The number of hydrogen-bond donors (Lipinski definition) is 1. The Morgan fingerprint density at radius 3 is 2.75 bits per heavy atom. The summed E-state index contributed by atoms with van der Waals surface area (Å²) in [6.45, 7) is 5.85. The van der Waals surface area contributed by atoms with E-state index in [0.29, 0.717) is 10.9 Å². The van der Waals surface area contributed by atoms with Crippen LogP contribution in [0.2, 0.25) is 0 Å². The van der Waals surface area contributed by atoms with Crippen LogP contribution in [0.15, 0.2) is 41.6 Å². The number of nitrogens with zero attached hydrogens (tertiary/aromatic N) is 4. The lowest BCUT2D eigenvalue weighted by atomic mass is 10.1. The van der Waals surface area contributed by atoms with E-state index >= 15 is 0 Å². The Labute approximate surface area is 144 Å². The second kappa shape index (κ2) is 7.00. The van der Waals surface area contributed by atoms with Crippen LogP contribution in [0.25, 0.3) is 5.78 Å². The second-order valence-corrected chi connectivity index (χ2v) is 6.58. The maximum absolute atomic E-state index is 12.1. The van der Waals surface area contributed by atoms with Crippen molar-refractivity contribution in [2.45, 2.75) is 32.0 Å². The number of aromatic nitrogens is 4. The number of thioether (sulfide) groups is 1. The van der Waals surface area contributed by atoms with Gasteiger partial charge in [-0.2, -0.15) is 4.98 Å². The van der Waals surface area contributed by atoms with Gasteiger partial charge in [-0.15, -0.1) is 5.10 Å². The third-order valence-corrected chi connectivity index (χ3v) is 4.45. The quantitative estimate of drug-likeness (QED) is 0.723. The summed E-state index contributed by atoms with van der Waals surface area (Å²) in [4.78, 5) is 20.8. The van der Waals surface area contributed by atoms with Gasteiger partial charge in [-0.1, -0.05) is 42.1 Å². The van der Waals surface area contributed by atoms with Gasteiger partial charge in [0.05, 0.1) is 11.8 Å². The lowest BCUT2D eigenvalue weighted by molar-refractivity contribution is -0.119. The largest absolute Gasteiger partial charge is 0.349 e. The van der Waals surface area contributed by atoms with E-state index in [-0.39, 0.29) is 17.7 Å². The molecular weight excluding hydrogens is 322 g/mol. The van der Waals surface area contributed by atoms with Gasteiger partial charge in [0.15, 0.2) is 0 Å². The van der Waals surface area contributed by atoms with Crippen molar-refractivity contribution in [2.24, 2.45) is 0 Å². The van der Waals surface area contributed by atoms with Crippen LogP contribution >= 0.6 is 11.8 Å². The van der Waals surface area contributed by atoms with E-state index in [0.717, 1.165) is 17.0 Å². The predicted molar refractivity (Wildman–Crippen MR) is 94.0 cm³/mol. The fourth-order valence-corrected chi connectivity index (χ4v) is 3.08. The molecule has 0 aliphatic carbocycles. The molecule has 0 spiro atoms. The summed E-state index contributed by atoms with van der Waals surface area (Å²) in [5.74, 6) is 0.788. The molecule has 0 radical (unpaired) electrons. The van der Waals surface area contributed by atoms with Gasteiger partial charge in [-0.3, -0.25) is 4.79 Å². The maximum Gasteiger partial charge on any atom is 0.253 e. The summed E-state index contributed by atoms with van der Waals surface area (Å²) in [7, 11) is 0. The molecule has 2 heterocycles. The average Bonchev–Trinajstić information content (AvgIpc) is 2.97. The highest BCUT2D eigenvalue weighted by molar-refractivity contribution is 7.99. The molecule has 1 N–H and O–H groups in total. The van der Waals surface area contributed by atoms with Crippen molar-refractivity contribution < 1.29 is 4.79 Å². The zero-order chi connectivity index (χ0) is 17.1. The zero-order valence-electron chi connectivity index (χ0n) is 13.9. The van der Waals surface area contributed by atoms with Crippen LogP contribution in [0, 0.1) is 13.8 Å². The Bertz CT molecular complexity index is 862. The minimum Gasteiger partial charge on any atom is -0.349 e. The Hall–Kier alpha value is -2.41. The van der Waals surface area contributed by atoms with E-state index in [2.05, 4.69) is 20.4 Å². The van der Waals surface area contributed by atoms with Gasteiger partial charge < -0.3 is 5.32 Å². The lowest BCUT2D eigenvalue weighted by Gasteiger charge is -2.13. The summed E-state index contributed by atoms with van der Waals surface area (Å²) in [6.07, 6.45) is 0. The lowest BCUT2D eigenvalue weighted by Crippen LogP contribution is -2.28. The number of aryl methyl sites for hydroxylation is 2. The first-order valence-electron chi connectivity index (χ1n) is 7.71. The summed E-state index contributed by atoms with van der Waals surface area (Å²) in [5.41, 5.74) is 2.95. The topological polar surface area (TPSA) is 72.2 Å². The van der Waals surface area contributed by atoms with Gasteiger partial charge in [-0.05, 0) is 32.4 Å². The summed E-state index contributed by atoms with van der Waals surface area (Å²) < 4.78 is 1.69. The molecule has 1 aromatic carbocycles. The van der Waals surface area contributed by atoms with E-state index in [1.54, 1.807) is 4.52 Å². The number of rotatable bonds is 5. The number of hydrogen-bond acceptors (Lipinski definition) is 5. The van der Waals surface area contributed by atoms with Gasteiger partial charge in [0, 0.05) is 11.4 Å². The molecule has 1 amide bonds. The third-order valence-electron chi connectivity index (χ3n) is 3.61. The molecule has 1 atom stereocenters. The smallest absolute Gasteiger partial charge is 0.253 e. The van der Waals surface area contributed by atoms with Crippen molar-refractivity contribution >= 4 is 23.4 Å². The molecule has 24 heavy (non-hydrogen) atoms. The van der Waals surface area contributed by atoms with Crippen molar-refractivity contribution in [3.63, 3.8) is 0 Å². The monoisotopic (exact) mass is 341 g/mol. The highest BCUT2D eigenvalue weighted by atomic mass is 32.2. The first-order chi connectivity index (χ1) is 11.5. The SMILES string of the molecule is Cc1cc(C)n2nc(SCC(=O)NC(C)c3ccccc3)nc2n1. The molecule has 1 unspecified atom stereocenters. The normalized spacial score (nSPS) is 12.3. The number of fused-ring (bicyclic) bond motifs is 1. The highest BCUT2D eigenvalue weighted by Crippen LogP contribution is 2.16. The Morgan fingerprint density at radius 1 is 1.25 bits per heavy atom. The molecular formula is C17H19N5OS. The van der Waals surface area contributed by atoms with Gasteiger partial charge in [0.1, 0.15) is 0 Å². The van der Waals surface area contributed by atoms with Crippen molar-refractivity contribution in [3.05, 3.63) is 53.3 Å². The minimum atomic E-state index is -0.0453. The molecule has 0 saturated carbocycles. The summed E-state index contributed by atoms with van der Waals surface area (Å²) >= 11 is 1.31.